The minimum absolute atomic E-state index is 0. The van der Waals surface area contributed by atoms with Crippen LogP contribution in [0.15, 0.2) is 48.5 Å². The molecule has 102 valence electrons. The van der Waals surface area contributed by atoms with Crippen LogP contribution < -0.4 is 10.6 Å². The number of rotatable bonds is 2. The Balaban J connectivity index is 0.000000360. The van der Waals surface area contributed by atoms with Crippen molar-refractivity contribution in [1.82, 2.24) is 0 Å². The summed E-state index contributed by atoms with van der Waals surface area (Å²) in [5.41, 5.74) is 0. The molecule has 2 aromatic rings. The summed E-state index contributed by atoms with van der Waals surface area (Å²) in [6, 6.07) is 16.8. The summed E-state index contributed by atoms with van der Waals surface area (Å²) in [6.07, 6.45) is 0. The minimum Gasteiger partial charge on any atom is -0.748 e. The molecule has 0 fully saturated rings. The molecule has 0 unspecified atom stereocenters. The van der Waals surface area contributed by atoms with E-state index >= 15 is 0 Å². The molecule has 0 bridgehead atoms. The van der Waals surface area contributed by atoms with Crippen molar-refractivity contribution in [2.45, 2.75) is 0 Å². The Morgan fingerprint density at radius 3 is 1.71 bits per heavy atom. The fraction of sp³-hybridized carbons (Fsp3) is 0.286. The van der Waals surface area contributed by atoms with E-state index in [-0.39, 0.29) is 32.3 Å². The standard InChI is InChI=1S/C9H15P2.C5H5.Ni/c1-10(2)8-6-5-7-9(8)11(3)4;1-2-4-5-3-1;/h5-7H,1-4H3;1-5H;/q-1;-5;. The van der Waals surface area contributed by atoms with Gasteiger partial charge >= 0.3 is 0 Å². The molecular formula is C14H20NiP2-6. The van der Waals surface area contributed by atoms with Gasteiger partial charge in [0.1, 0.15) is 0 Å². The number of hydrogen-bond acceptors (Lipinski definition) is 0. The second-order valence-corrected chi connectivity index (χ2v) is 8.59. The van der Waals surface area contributed by atoms with E-state index in [0.717, 1.165) is 0 Å². The van der Waals surface area contributed by atoms with Gasteiger partial charge in [-0.3, -0.25) is 0 Å². The average molecular weight is 309 g/mol. The van der Waals surface area contributed by atoms with E-state index in [4.69, 9.17) is 0 Å². The van der Waals surface area contributed by atoms with E-state index in [1.807, 2.05) is 30.3 Å². The van der Waals surface area contributed by atoms with E-state index in [2.05, 4.69) is 44.9 Å². The van der Waals surface area contributed by atoms with Crippen LogP contribution in [-0.4, -0.2) is 26.7 Å². The van der Waals surface area contributed by atoms with Crippen molar-refractivity contribution in [2.24, 2.45) is 0 Å². The van der Waals surface area contributed by atoms with Crippen LogP contribution >= 0.6 is 15.8 Å². The van der Waals surface area contributed by atoms with Gasteiger partial charge in [-0.25, -0.2) is 12.1 Å². The third-order valence-electron chi connectivity index (χ3n) is 2.29. The first kappa shape index (κ1) is 17.1. The van der Waals surface area contributed by atoms with Crippen LogP contribution in [0.25, 0.3) is 0 Å². The van der Waals surface area contributed by atoms with Crippen molar-refractivity contribution in [1.29, 1.82) is 0 Å². The summed E-state index contributed by atoms with van der Waals surface area (Å²) < 4.78 is 0. The summed E-state index contributed by atoms with van der Waals surface area (Å²) in [6.45, 7) is 9.31. The van der Waals surface area contributed by atoms with Crippen molar-refractivity contribution in [3.8, 4) is 0 Å². The van der Waals surface area contributed by atoms with Gasteiger partial charge in [-0.2, -0.15) is 6.07 Å². The Labute approximate surface area is 118 Å². The second-order valence-electron chi connectivity index (χ2n) is 4.05. The zero-order valence-electron chi connectivity index (χ0n) is 10.8. The van der Waals surface area contributed by atoms with Gasteiger partial charge < -0.3 is 30.3 Å². The maximum Gasteiger partial charge on any atom is 0 e. The predicted octanol–water partition coefficient (Wildman–Crippen LogP) is 3.54. The predicted molar refractivity (Wildman–Crippen MR) is 80.9 cm³/mol. The molecule has 0 heterocycles. The summed E-state index contributed by atoms with van der Waals surface area (Å²) in [5, 5.41) is 3.22. The van der Waals surface area contributed by atoms with Crippen molar-refractivity contribution < 1.29 is 16.5 Å². The van der Waals surface area contributed by atoms with Gasteiger partial charge in [0.25, 0.3) is 0 Å². The van der Waals surface area contributed by atoms with E-state index in [1.54, 1.807) is 10.6 Å². The molecule has 0 atom stereocenters. The maximum atomic E-state index is 2.33. The van der Waals surface area contributed by atoms with Crippen LogP contribution in [0.4, 0.5) is 0 Å². The van der Waals surface area contributed by atoms with Gasteiger partial charge in [-0.15, -0.1) is 26.5 Å². The van der Waals surface area contributed by atoms with Gasteiger partial charge in [0.2, 0.25) is 0 Å². The third kappa shape index (κ3) is 5.97. The normalized spacial score (nSPS) is 9.76. The molecule has 0 aliphatic rings. The summed E-state index contributed by atoms with van der Waals surface area (Å²) >= 11 is 0. The Kier molecular flexibility index (Phi) is 9.07. The zero-order chi connectivity index (χ0) is 12.0. The molecule has 0 nitrogen and oxygen atoms in total. The summed E-state index contributed by atoms with van der Waals surface area (Å²) in [4.78, 5) is 0. The Hall–Kier alpha value is 0.0535. The fourth-order valence-corrected chi connectivity index (χ4v) is 4.51. The monoisotopic (exact) mass is 308 g/mol. The van der Waals surface area contributed by atoms with Crippen LogP contribution in [-0.2, 0) is 16.5 Å². The summed E-state index contributed by atoms with van der Waals surface area (Å²) in [5.74, 6) is 0. The molecule has 2 rings (SSSR count). The SMILES string of the molecule is CP(C)c1ccc[c-]1P(C)C.[Ni].[cH-]1[cH-][cH-][cH-][cH-]1. The smallest absolute Gasteiger partial charge is 0 e. The first-order valence-electron chi connectivity index (χ1n) is 5.40. The van der Waals surface area contributed by atoms with Crippen molar-refractivity contribution in [3.05, 3.63) is 48.5 Å². The van der Waals surface area contributed by atoms with Gasteiger partial charge in [0, 0.05) is 16.5 Å². The molecule has 0 saturated heterocycles. The largest absolute Gasteiger partial charge is 0.748 e. The van der Waals surface area contributed by atoms with Gasteiger partial charge in [-0.05, 0) is 13.3 Å². The van der Waals surface area contributed by atoms with E-state index < -0.39 is 0 Å². The molecule has 0 amide bonds. The van der Waals surface area contributed by atoms with Crippen LogP contribution in [0.2, 0.25) is 0 Å². The number of hydrogen-bond donors (Lipinski definition) is 0. The molecule has 17 heavy (non-hydrogen) atoms. The zero-order valence-corrected chi connectivity index (χ0v) is 13.6. The molecule has 0 spiro atoms. The van der Waals surface area contributed by atoms with Crippen LogP contribution in [0, 0.1) is 0 Å². The Morgan fingerprint density at radius 1 is 0.941 bits per heavy atom. The molecule has 2 aromatic carbocycles. The Bertz CT molecular complexity index is 335. The third-order valence-corrected chi connectivity index (χ3v) is 5.17. The van der Waals surface area contributed by atoms with E-state index in [9.17, 15) is 0 Å². The van der Waals surface area contributed by atoms with Crippen LogP contribution in [0.1, 0.15) is 0 Å². The minimum atomic E-state index is 0. The molecule has 0 aliphatic heterocycles. The average Bonchev–Trinajstić information content (AvgIpc) is 2.92. The topological polar surface area (TPSA) is 0 Å². The Morgan fingerprint density at radius 2 is 1.41 bits per heavy atom. The quantitative estimate of drug-likeness (QED) is 0.452. The first-order chi connectivity index (χ1) is 7.63. The van der Waals surface area contributed by atoms with Crippen molar-refractivity contribution in [2.75, 3.05) is 26.7 Å². The van der Waals surface area contributed by atoms with E-state index in [1.165, 1.54) is 0 Å². The summed E-state index contributed by atoms with van der Waals surface area (Å²) in [7, 11) is 0.209. The van der Waals surface area contributed by atoms with Crippen molar-refractivity contribution >= 4 is 26.5 Å². The van der Waals surface area contributed by atoms with Crippen molar-refractivity contribution in [3.63, 3.8) is 0 Å². The van der Waals surface area contributed by atoms with Gasteiger partial charge in [0.05, 0.1) is 0 Å². The molecule has 3 heteroatoms. The van der Waals surface area contributed by atoms with Crippen LogP contribution in [0.3, 0.4) is 0 Å². The molecular weight excluding hydrogens is 289 g/mol. The fourth-order valence-electron chi connectivity index (χ4n) is 1.48. The molecule has 0 N–H and O–H groups in total. The molecule has 0 saturated carbocycles. The molecule has 0 radical (unpaired) electrons. The molecule has 0 aromatic heterocycles. The van der Waals surface area contributed by atoms with Gasteiger partial charge in [-0.1, -0.05) is 13.3 Å². The molecule has 0 aliphatic carbocycles. The van der Waals surface area contributed by atoms with E-state index in [0.29, 0.717) is 0 Å². The van der Waals surface area contributed by atoms with Crippen LogP contribution in [0.5, 0.6) is 0 Å². The second kappa shape index (κ2) is 9.05. The van der Waals surface area contributed by atoms with Gasteiger partial charge in [0.15, 0.2) is 0 Å². The first-order valence-corrected chi connectivity index (χ1v) is 9.87. The maximum absolute atomic E-state index is 2.33.